The van der Waals surface area contributed by atoms with Crippen molar-refractivity contribution in [3.8, 4) is 6.07 Å². The summed E-state index contributed by atoms with van der Waals surface area (Å²) in [6, 6.07) is 7.22. The highest BCUT2D eigenvalue weighted by Crippen LogP contribution is 2.31. The molecule has 1 heterocycles. The van der Waals surface area contributed by atoms with Crippen LogP contribution in [0, 0.1) is 23.1 Å². The Kier molecular flexibility index (Phi) is 6.04. The number of rotatable bonds is 5. The van der Waals surface area contributed by atoms with E-state index in [0.29, 0.717) is 0 Å². The minimum absolute atomic E-state index is 0.190. The molecule has 1 N–H and O–H groups in total. The summed E-state index contributed by atoms with van der Waals surface area (Å²) in [5.41, 5.74) is -2.17. The molecule has 0 saturated carbocycles. The van der Waals surface area contributed by atoms with E-state index in [0.717, 1.165) is 36.4 Å². The molecule has 0 spiro atoms. The first-order valence-corrected chi connectivity index (χ1v) is 9.37. The Labute approximate surface area is 157 Å². The zero-order valence-electron chi connectivity index (χ0n) is 14.3. The zero-order chi connectivity index (χ0) is 21.1. The van der Waals surface area contributed by atoms with Crippen LogP contribution in [0.5, 0.6) is 0 Å². The number of nitrogens with one attached hydrogen (secondary N) is 1. The maximum absolute atomic E-state index is 12.9. The monoisotopic (exact) mass is 415 g/mol. The van der Waals surface area contributed by atoms with Crippen molar-refractivity contribution < 1.29 is 30.8 Å². The van der Waals surface area contributed by atoms with Crippen LogP contribution in [0.15, 0.2) is 41.3 Å². The van der Waals surface area contributed by atoms with E-state index in [1.54, 1.807) is 0 Å². The van der Waals surface area contributed by atoms with Gasteiger partial charge in [-0.15, -0.1) is 0 Å². The maximum Gasteiger partial charge on any atom is 0.434 e. The second kappa shape index (κ2) is 7.93. The number of pyridine rings is 1. The number of nitriles is 1. The van der Waals surface area contributed by atoms with Crippen LogP contribution >= 0.6 is 0 Å². The van der Waals surface area contributed by atoms with Gasteiger partial charge in [-0.3, -0.25) is 4.79 Å². The number of carbonyl (C=O) groups excluding carboxylic acids is 1. The van der Waals surface area contributed by atoms with Gasteiger partial charge in [0, 0.05) is 5.92 Å². The highest BCUT2D eigenvalue weighted by molar-refractivity contribution is 7.91. The average molecular weight is 415 g/mol. The molecule has 0 saturated heterocycles. The van der Waals surface area contributed by atoms with Gasteiger partial charge in [-0.2, -0.15) is 18.4 Å². The molecule has 2 aromatic rings. The van der Waals surface area contributed by atoms with E-state index < -0.39 is 56.5 Å². The standard InChI is InChI=1S/C17H13F4N3O3S/c1-10(9-28(26,27)13-5-3-12(18)4-6-13)16(25)24-14-7-2-11(8-22)15(23-14)17(19,20)21/h2-7,10H,9H2,1H3,(H,23,24,25). The molecule has 0 aliphatic carbocycles. The van der Waals surface area contributed by atoms with E-state index in [9.17, 15) is 30.8 Å². The van der Waals surface area contributed by atoms with Crippen LogP contribution in [0.3, 0.4) is 0 Å². The Morgan fingerprint density at radius 3 is 2.36 bits per heavy atom. The van der Waals surface area contributed by atoms with Crippen LogP contribution in [0.2, 0.25) is 0 Å². The fourth-order valence-electron chi connectivity index (χ4n) is 2.23. The number of sulfone groups is 1. The molecule has 1 amide bonds. The zero-order valence-corrected chi connectivity index (χ0v) is 15.1. The van der Waals surface area contributed by atoms with Crippen molar-refractivity contribution >= 4 is 21.6 Å². The van der Waals surface area contributed by atoms with Crippen molar-refractivity contribution in [2.45, 2.75) is 18.0 Å². The summed E-state index contributed by atoms with van der Waals surface area (Å²) in [6.45, 7) is 1.27. The molecule has 1 unspecified atom stereocenters. The molecule has 1 aromatic heterocycles. The van der Waals surface area contributed by atoms with Gasteiger partial charge in [0.2, 0.25) is 5.91 Å². The first-order chi connectivity index (χ1) is 12.9. The number of nitrogens with zero attached hydrogens (tertiary/aromatic N) is 2. The lowest BCUT2D eigenvalue weighted by Crippen LogP contribution is -2.27. The van der Waals surface area contributed by atoms with E-state index in [2.05, 4.69) is 10.3 Å². The van der Waals surface area contributed by atoms with E-state index in [-0.39, 0.29) is 4.90 Å². The fourth-order valence-corrected chi connectivity index (χ4v) is 3.78. The summed E-state index contributed by atoms with van der Waals surface area (Å²) in [5.74, 6) is -3.76. The van der Waals surface area contributed by atoms with Gasteiger partial charge in [0.15, 0.2) is 15.5 Å². The molecule has 6 nitrogen and oxygen atoms in total. The Morgan fingerprint density at radius 1 is 1.21 bits per heavy atom. The third kappa shape index (κ3) is 5.04. The minimum Gasteiger partial charge on any atom is -0.310 e. The van der Waals surface area contributed by atoms with Crippen LogP contribution in [0.1, 0.15) is 18.2 Å². The van der Waals surface area contributed by atoms with Crippen molar-refractivity contribution in [1.82, 2.24) is 4.98 Å². The van der Waals surface area contributed by atoms with Gasteiger partial charge >= 0.3 is 6.18 Å². The molecule has 0 radical (unpaired) electrons. The van der Waals surface area contributed by atoms with Crippen LogP contribution in [0.4, 0.5) is 23.4 Å². The minimum atomic E-state index is -4.90. The molecule has 148 valence electrons. The highest BCUT2D eigenvalue weighted by Gasteiger charge is 2.36. The third-order valence-corrected chi connectivity index (χ3v) is 5.55. The number of anilines is 1. The summed E-state index contributed by atoms with van der Waals surface area (Å²) < 4.78 is 76.2. The van der Waals surface area contributed by atoms with Crippen LogP contribution < -0.4 is 5.32 Å². The van der Waals surface area contributed by atoms with Crippen molar-refractivity contribution in [1.29, 1.82) is 5.26 Å². The number of halogens is 4. The van der Waals surface area contributed by atoms with Gasteiger partial charge in [-0.25, -0.2) is 17.8 Å². The number of hydrogen-bond donors (Lipinski definition) is 1. The molecular formula is C17H13F4N3O3S. The van der Waals surface area contributed by atoms with E-state index in [1.165, 1.54) is 13.0 Å². The average Bonchev–Trinajstić information content (AvgIpc) is 2.60. The molecule has 2 rings (SSSR count). The molecule has 28 heavy (non-hydrogen) atoms. The Hall–Kier alpha value is -3.00. The van der Waals surface area contributed by atoms with Crippen LogP contribution in [-0.2, 0) is 20.8 Å². The molecule has 1 atom stereocenters. The van der Waals surface area contributed by atoms with Gasteiger partial charge < -0.3 is 5.32 Å². The number of alkyl halides is 3. The molecular weight excluding hydrogens is 402 g/mol. The van der Waals surface area contributed by atoms with Crippen LogP contribution in [-0.4, -0.2) is 25.1 Å². The second-order valence-corrected chi connectivity index (χ2v) is 7.86. The fraction of sp³-hybridized carbons (Fsp3) is 0.235. The Morgan fingerprint density at radius 2 is 1.82 bits per heavy atom. The Bertz CT molecular complexity index is 1030. The molecule has 0 aliphatic rings. The summed E-state index contributed by atoms with van der Waals surface area (Å²) in [6.07, 6.45) is -4.90. The number of benzene rings is 1. The number of aromatic nitrogens is 1. The predicted octanol–water partition coefficient (Wildman–Crippen LogP) is 3.16. The molecule has 0 fully saturated rings. The van der Waals surface area contributed by atoms with Gasteiger partial charge in [0.25, 0.3) is 0 Å². The third-order valence-electron chi connectivity index (χ3n) is 3.63. The normalized spacial score (nSPS) is 12.9. The maximum atomic E-state index is 12.9. The lowest BCUT2D eigenvalue weighted by Gasteiger charge is -2.14. The Balaban J connectivity index is 2.16. The number of carbonyl (C=O) groups is 1. The SMILES string of the molecule is CC(CS(=O)(=O)c1ccc(F)cc1)C(=O)Nc1ccc(C#N)c(C(F)(F)F)n1. The lowest BCUT2D eigenvalue weighted by atomic mass is 10.2. The first kappa shape index (κ1) is 21.3. The second-order valence-electron chi connectivity index (χ2n) is 5.83. The smallest absolute Gasteiger partial charge is 0.310 e. The van der Waals surface area contributed by atoms with Gasteiger partial charge in [-0.1, -0.05) is 6.92 Å². The van der Waals surface area contributed by atoms with Crippen molar-refractivity contribution in [2.75, 3.05) is 11.1 Å². The van der Waals surface area contributed by atoms with E-state index >= 15 is 0 Å². The molecule has 11 heteroatoms. The summed E-state index contributed by atoms with van der Waals surface area (Å²) >= 11 is 0. The largest absolute Gasteiger partial charge is 0.434 e. The lowest BCUT2D eigenvalue weighted by molar-refractivity contribution is -0.141. The molecule has 0 aliphatic heterocycles. The van der Waals surface area contributed by atoms with Gasteiger partial charge in [0.1, 0.15) is 17.7 Å². The first-order valence-electron chi connectivity index (χ1n) is 7.71. The predicted molar refractivity (Wildman–Crippen MR) is 90.2 cm³/mol. The van der Waals surface area contributed by atoms with E-state index in [1.807, 2.05) is 0 Å². The topological polar surface area (TPSA) is 99.9 Å². The molecule has 0 bridgehead atoms. The van der Waals surface area contributed by atoms with Crippen molar-refractivity contribution in [3.05, 3.63) is 53.5 Å². The number of hydrogen-bond acceptors (Lipinski definition) is 5. The summed E-state index contributed by atoms with van der Waals surface area (Å²) in [4.78, 5) is 15.2. The van der Waals surface area contributed by atoms with Crippen LogP contribution in [0.25, 0.3) is 0 Å². The summed E-state index contributed by atoms with van der Waals surface area (Å²) in [7, 11) is -3.93. The van der Waals surface area contributed by atoms with Gasteiger partial charge in [-0.05, 0) is 36.4 Å². The quantitative estimate of drug-likeness (QED) is 0.597. The molecule has 1 aromatic carbocycles. The highest BCUT2D eigenvalue weighted by atomic mass is 32.2. The van der Waals surface area contributed by atoms with Gasteiger partial charge in [0.05, 0.1) is 16.2 Å². The number of amides is 1. The van der Waals surface area contributed by atoms with E-state index in [4.69, 9.17) is 5.26 Å². The van der Waals surface area contributed by atoms with Crippen molar-refractivity contribution in [2.24, 2.45) is 5.92 Å². The van der Waals surface area contributed by atoms with Crippen molar-refractivity contribution in [3.63, 3.8) is 0 Å². The summed E-state index contributed by atoms with van der Waals surface area (Å²) in [5, 5.41) is 10.8.